The first-order chi connectivity index (χ1) is 18.4. The molecule has 0 aromatic heterocycles. The summed E-state index contributed by atoms with van der Waals surface area (Å²) in [5, 5.41) is 5.08. The molecule has 40 heavy (non-hydrogen) atoms. The maximum Gasteiger partial charge on any atom is 0.408 e. The third-order valence-electron chi connectivity index (χ3n) is 6.08. The van der Waals surface area contributed by atoms with Crippen molar-refractivity contribution in [3.05, 3.63) is 48.0 Å². The van der Waals surface area contributed by atoms with Crippen LogP contribution in [0.3, 0.4) is 0 Å². The molecular formula is C32H51ClN2O5. The number of alkyl halides is 1. The Hall–Kier alpha value is -2.54. The number of carbonyl (C=O) groups is 3. The summed E-state index contributed by atoms with van der Waals surface area (Å²) in [5.74, 6) is -1.44. The molecular weight excluding hydrogens is 528 g/mol. The first-order valence-electron chi connectivity index (χ1n) is 14.4. The highest BCUT2D eigenvalue weighted by Crippen LogP contribution is 2.36. The lowest BCUT2D eigenvalue weighted by Crippen LogP contribution is -2.56. The van der Waals surface area contributed by atoms with Crippen LogP contribution in [0.15, 0.2) is 42.5 Å². The molecule has 1 aromatic carbocycles. The minimum absolute atomic E-state index is 0.107. The molecule has 1 unspecified atom stereocenters. The van der Waals surface area contributed by atoms with Crippen LogP contribution in [-0.4, -0.2) is 41.3 Å². The van der Waals surface area contributed by atoms with Crippen molar-refractivity contribution in [1.82, 2.24) is 10.6 Å². The van der Waals surface area contributed by atoms with Crippen LogP contribution in [0.5, 0.6) is 0 Å². The highest BCUT2D eigenvalue weighted by Gasteiger charge is 2.37. The van der Waals surface area contributed by atoms with Crippen molar-refractivity contribution in [2.45, 2.75) is 123 Å². The summed E-state index contributed by atoms with van der Waals surface area (Å²) in [6.07, 6.45) is 2.94. The van der Waals surface area contributed by atoms with Gasteiger partial charge < -0.3 is 20.1 Å². The number of halogens is 1. The van der Waals surface area contributed by atoms with Crippen LogP contribution < -0.4 is 10.6 Å². The maximum absolute atomic E-state index is 14.0. The normalized spacial score (nSPS) is 15.0. The van der Waals surface area contributed by atoms with Crippen LogP contribution >= 0.6 is 11.6 Å². The lowest BCUT2D eigenvalue weighted by atomic mass is 9.83. The van der Waals surface area contributed by atoms with Crippen molar-refractivity contribution in [3.8, 4) is 0 Å². The fourth-order valence-electron chi connectivity index (χ4n) is 4.31. The summed E-state index contributed by atoms with van der Waals surface area (Å²) < 4.78 is 11.1. The number of nitrogens with one attached hydrogen (secondary N) is 2. The molecule has 8 heteroatoms. The van der Waals surface area contributed by atoms with Gasteiger partial charge in [0.15, 0.2) is 0 Å². The van der Waals surface area contributed by atoms with E-state index in [4.69, 9.17) is 21.1 Å². The van der Waals surface area contributed by atoms with Crippen LogP contribution in [-0.2, 0) is 19.1 Å². The predicted molar refractivity (Wildman–Crippen MR) is 162 cm³/mol. The Morgan fingerprint density at radius 3 is 2.00 bits per heavy atom. The second kappa shape index (κ2) is 16.0. The van der Waals surface area contributed by atoms with Crippen LogP contribution in [0.25, 0.3) is 0 Å². The number of carbonyl (C=O) groups excluding carboxylic acids is 3. The van der Waals surface area contributed by atoms with Gasteiger partial charge in [-0.3, -0.25) is 4.79 Å². The van der Waals surface area contributed by atoms with E-state index in [0.717, 1.165) is 24.8 Å². The van der Waals surface area contributed by atoms with E-state index < -0.39 is 52.6 Å². The summed E-state index contributed by atoms with van der Waals surface area (Å²) in [6.45, 7) is 20.9. The van der Waals surface area contributed by atoms with E-state index in [1.54, 1.807) is 41.5 Å². The minimum atomic E-state index is -1.07. The standard InChI is InChI=1S/C32H51ClN2O5/c1-11-12-14-19-24(22(4)26(33)23-17-15-13-16-18-23)27(35-30(38)40-32(8,9)10)28(36)34-25(20-21(2)3)29(37)39-31(5,6)7/h13,15-18,21,24-27H,4,11-12,14,19-20H2,1-3,5-10H3,(H,34,36)(H,35,38)/t24-,25-,26?,27+/m0/s1. The Labute approximate surface area is 246 Å². The fourth-order valence-corrected chi connectivity index (χ4v) is 4.62. The number of benzene rings is 1. The molecule has 0 aliphatic rings. The van der Waals surface area contributed by atoms with Crippen molar-refractivity contribution in [2.75, 3.05) is 0 Å². The zero-order valence-corrected chi connectivity index (χ0v) is 26.7. The van der Waals surface area contributed by atoms with Gasteiger partial charge in [0.2, 0.25) is 5.91 Å². The molecule has 2 N–H and O–H groups in total. The molecule has 0 aliphatic heterocycles. The van der Waals surface area contributed by atoms with Crippen LogP contribution in [0, 0.1) is 11.8 Å². The van der Waals surface area contributed by atoms with E-state index in [-0.39, 0.29) is 5.92 Å². The smallest absolute Gasteiger partial charge is 0.408 e. The molecule has 226 valence electrons. The molecule has 4 atom stereocenters. The first-order valence-corrected chi connectivity index (χ1v) is 14.8. The van der Waals surface area contributed by atoms with E-state index in [1.165, 1.54) is 0 Å². The number of hydrogen-bond donors (Lipinski definition) is 2. The molecule has 2 amide bonds. The highest BCUT2D eigenvalue weighted by atomic mass is 35.5. The molecule has 0 radical (unpaired) electrons. The second-order valence-electron chi connectivity index (χ2n) is 12.8. The molecule has 7 nitrogen and oxygen atoms in total. The van der Waals surface area contributed by atoms with Crippen LogP contribution in [0.2, 0.25) is 0 Å². The van der Waals surface area contributed by atoms with Gasteiger partial charge in [0.25, 0.3) is 0 Å². The lowest BCUT2D eigenvalue weighted by molar-refractivity contribution is -0.159. The number of ether oxygens (including phenoxy) is 2. The molecule has 0 bridgehead atoms. The van der Waals surface area contributed by atoms with Gasteiger partial charge in [0.05, 0.1) is 5.38 Å². The zero-order chi connectivity index (χ0) is 30.7. The van der Waals surface area contributed by atoms with Gasteiger partial charge in [-0.05, 0) is 71.4 Å². The maximum atomic E-state index is 14.0. The van der Waals surface area contributed by atoms with E-state index in [0.29, 0.717) is 18.4 Å². The molecule has 0 spiro atoms. The Bertz CT molecular complexity index is 966. The van der Waals surface area contributed by atoms with Gasteiger partial charge in [-0.1, -0.05) is 76.9 Å². The first kappa shape index (κ1) is 35.5. The summed E-state index contributed by atoms with van der Waals surface area (Å²) in [7, 11) is 0. The van der Waals surface area contributed by atoms with Crippen molar-refractivity contribution in [2.24, 2.45) is 11.8 Å². The summed E-state index contributed by atoms with van der Waals surface area (Å²) in [6, 6.07) is 7.55. The van der Waals surface area contributed by atoms with Gasteiger partial charge in [-0.15, -0.1) is 11.6 Å². The molecule has 0 saturated carbocycles. The van der Waals surface area contributed by atoms with Crippen LogP contribution in [0.1, 0.15) is 105 Å². The lowest BCUT2D eigenvalue weighted by Gasteiger charge is -2.33. The second-order valence-corrected chi connectivity index (χ2v) is 13.2. The van der Waals surface area contributed by atoms with Gasteiger partial charge >= 0.3 is 12.1 Å². The summed E-state index contributed by atoms with van der Waals surface area (Å²) in [4.78, 5) is 40.0. The van der Waals surface area contributed by atoms with Crippen LogP contribution in [0.4, 0.5) is 4.79 Å². The van der Waals surface area contributed by atoms with Crippen molar-refractivity contribution in [3.63, 3.8) is 0 Å². The number of esters is 1. The molecule has 0 saturated heterocycles. The van der Waals surface area contributed by atoms with Crippen molar-refractivity contribution < 1.29 is 23.9 Å². The van der Waals surface area contributed by atoms with Gasteiger partial charge in [-0.2, -0.15) is 0 Å². The predicted octanol–water partition coefficient (Wildman–Crippen LogP) is 7.49. The van der Waals surface area contributed by atoms with E-state index in [2.05, 4.69) is 24.1 Å². The average molecular weight is 579 g/mol. The molecule has 1 rings (SSSR count). The Morgan fingerprint density at radius 1 is 0.925 bits per heavy atom. The Balaban J connectivity index is 3.47. The fraction of sp³-hybridized carbons (Fsp3) is 0.656. The molecule has 0 aliphatic carbocycles. The largest absolute Gasteiger partial charge is 0.458 e. The van der Waals surface area contributed by atoms with Crippen molar-refractivity contribution in [1.29, 1.82) is 0 Å². The number of unbranched alkanes of at least 4 members (excludes halogenated alkanes) is 2. The monoisotopic (exact) mass is 578 g/mol. The number of amides is 2. The summed E-state index contributed by atoms with van der Waals surface area (Å²) in [5.41, 5.74) is -0.0328. The van der Waals surface area contributed by atoms with Gasteiger partial charge in [-0.25, -0.2) is 9.59 Å². The average Bonchev–Trinajstić information content (AvgIpc) is 2.82. The zero-order valence-electron chi connectivity index (χ0n) is 25.9. The molecule has 1 aromatic rings. The highest BCUT2D eigenvalue weighted by molar-refractivity contribution is 6.22. The summed E-state index contributed by atoms with van der Waals surface area (Å²) >= 11 is 6.90. The number of alkyl carbamates (subject to hydrolysis) is 1. The number of rotatable bonds is 14. The topological polar surface area (TPSA) is 93.7 Å². The van der Waals surface area contributed by atoms with E-state index in [1.807, 2.05) is 44.2 Å². The van der Waals surface area contributed by atoms with E-state index >= 15 is 0 Å². The Morgan fingerprint density at radius 2 is 1.50 bits per heavy atom. The van der Waals surface area contributed by atoms with Gasteiger partial charge in [0, 0.05) is 5.92 Å². The third kappa shape index (κ3) is 13.2. The molecule has 0 fully saturated rings. The third-order valence-corrected chi connectivity index (χ3v) is 6.62. The van der Waals surface area contributed by atoms with Gasteiger partial charge in [0.1, 0.15) is 23.3 Å². The Kier molecular flexibility index (Phi) is 14.2. The number of hydrogen-bond acceptors (Lipinski definition) is 5. The van der Waals surface area contributed by atoms with Crippen molar-refractivity contribution >= 4 is 29.6 Å². The molecule has 0 heterocycles. The quantitative estimate of drug-likeness (QED) is 0.103. The minimum Gasteiger partial charge on any atom is -0.458 e. The SMILES string of the molecule is C=C(C(Cl)c1ccccc1)[C@H](CCCCC)[C@@H](NC(=O)OC(C)(C)C)C(=O)N[C@@H](CC(C)C)C(=O)OC(C)(C)C. The van der Waals surface area contributed by atoms with E-state index in [9.17, 15) is 14.4 Å².